The molecular formula is C19H25N. The van der Waals surface area contributed by atoms with Gasteiger partial charge in [0.15, 0.2) is 0 Å². The van der Waals surface area contributed by atoms with E-state index in [-0.39, 0.29) is 0 Å². The Bertz CT molecular complexity index is 487. The van der Waals surface area contributed by atoms with E-state index >= 15 is 0 Å². The first-order valence-corrected chi connectivity index (χ1v) is 7.63. The van der Waals surface area contributed by atoms with Crippen molar-refractivity contribution >= 4 is 0 Å². The molecule has 0 saturated carbocycles. The van der Waals surface area contributed by atoms with Gasteiger partial charge in [0.2, 0.25) is 0 Å². The van der Waals surface area contributed by atoms with Crippen molar-refractivity contribution in [2.24, 2.45) is 0 Å². The van der Waals surface area contributed by atoms with Crippen LogP contribution in [-0.2, 0) is 12.8 Å². The van der Waals surface area contributed by atoms with Crippen LogP contribution in [0.1, 0.15) is 42.5 Å². The maximum absolute atomic E-state index is 3.42. The molecule has 2 rings (SSSR count). The normalized spacial score (nSPS) is 12.3. The first kappa shape index (κ1) is 14.8. The lowest BCUT2D eigenvalue weighted by Crippen LogP contribution is -2.16. The molecule has 1 N–H and O–H groups in total. The predicted molar refractivity (Wildman–Crippen MR) is 87.0 cm³/mol. The van der Waals surface area contributed by atoms with Gasteiger partial charge in [0.1, 0.15) is 0 Å². The van der Waals surface area contributed by atoms with Crippen LogP contribution in [0.4, 0.5) is 0 Å². The summed E-state index contributed by atoms with van der Waals surface area (Å²) in [6, 6.07) is 20.2. The summed E-state index contributed by atoms with van der Waals surface area (Å²) in [7, 11) is 2.05. The quantitative estimate of drug-likeness (QED) is 0.777. The Labute approximate surface area is 123 Å². The number of hydrogen-bond donors (Lipinski definition) is 1. The highest BCUT2D eigenvalue weighted by molar-refractivity contribution is 5.23. The molecule has 0 aromatic heterocycles. The van der Waals surface area contributed by atoms with Gasteiger partial charge in [-0.15, -0.1) is 0 Å². The average molecular weight is 267 g/mol. The number of benzene rings is 2. The molecule has 0 fully saturated rings. The second kappa shape index (κ2) is 7.86. The van der Waals surface area contributed by atoms with Crippen LogP contribution in [-0.4, -0.2) is 7.05 Å². The minimum atomic E-state index is 0.464. The Hall–Kier alpha value is -1.60. The van der Waals surface area contributed by atoms with E-state index < -0.39 is 0 Å². The molecule has 0 aliphatic carbocycles. The molecule has 0 saturated heterocycles. The zero-order chi connectivity index (χ0) is 14.2. The van der Waals surface area contributed by atoms with Gasteiger partial charge in [-0.2, -0.15) is 0 Å². The van der Waals surface area contributed by atoms with E-state index in [1.54, 1.807) is 0 Å². The molecule has 0 aliphatic rings. The molecule has 0 radical (unpaired) electrons. The smallest absolute Gasteiger partial charge is 0.0317 e. The molecule has 2 aromatic rings. The lowest BCUT2D eigenvalue weighted by atomic mass is 9.98. The van der Waals surface area contributed by atoms with Crippen LogP contribution in [0.5, 0.6) is 0 Å². The Morgan fingerprint density at radius 1 is 0.900 bits per heavy atom. The number of nitrogens with one attached hydrogen (secondary N) is 1. The van der Waals surface area contributed by atoms with Crippen LogP contribution in [0.15, 0.2) is 54.6 Å². The second-order valence-electron chi connectivity index (χ2n) is 5.31. The summed E-state index contributed by atoms with van der Waals surface area (Å²) in [5.74, 6) is 0. The summed E-state index contributed by atoms with van der Waals surface area (Å²) in [6.45, 7) is 2.20. The van der Waals surface area contributed by atoms with E-state index in [2.05, 4.69) is 66.8 Å². The molecule has 0 spiro atoms. The fourth-order valence-electron chi connectivity index (χ4n) is 2.61. The van der Waals surface area contributed by atoms with Crippen molar-refractivity contribution in [2.45, 2.75) is 38.6 Å². The molecule has 0 aliphatic heterocycles. The van der Waals surface area contributed by atoms with E-state index in [0.29, 0.717) is 6.04 Å². The largest absolute Gasteiger partial charge is 0.313 e. The summed E-state index contributed by atoms with van der Waals surface area (Å²) in [6.07, 6.45) is 4.67. The number of rotatable bonds is 7. The lowest BCUT2D eigenvalue weighted by molar-refractivity contribution is 0.527. The first-order valence-electron chi connectivity index (χ1n) is 7.63. The monoisotopic (exact) mass is 267 g/mol. The molecule has 0 bridgehead atoms. The second-order valence-corrected chi connectivity index (χ2v) is 5.31. The molecule has 0 amide bonds. The summed E-state index contributed by atoms with van der Waals surface area (Å²) in [4.78, 5) is 0. The molecule has 0 heterocycles. The average Bonchev–Trinajstić information content (AvgIpc) is 2.53. The van der Waals surface area contributed by atoms with Crippen molar-refractivity contribution in [3.63, 3.8) is 0 Å². The van der Waals surface area contributed by atoms with Crippen molar-refractivity contribution in [1.82, 2.24) is 5.32 Å². The fraction of sp³-hybridized carbons (Fsp3) is 0.368. The van der Waals surface area contributed by atoms with Crippen LogP contribution in [0.2, 0.25) is 0 Å². The fourth-order valence-corrected chi connectivity index (χ4v) is 2.61. The van der Waals surface area contributed by atoms with Crippen LogP contribution < -0.4 is 5.32 Å². The van der Waals surface area contributed by atoms with Crippen LogP contribution in [0.3, 0.4) is 0 Å². The van der Waals surface area contributed by atoms with E-state index in [1.807, 2.05) is 7.05 Å². The van der Waals surface area contributed by atoms with Gasteiger partial charge in [0.05, 0.1) is 0 Å². The highest BCUT2D eigenvalue weighted by Crippen LogP contribution is 2.19. The third-order valence-corrected chi connectivity index (χ3v) is 3.94. The van der Waals surface area contributed by atoms with Gasteiger partial charge < -0.3 is 5.32 Å². The minimum Gasteiger partial charge on any atom is -0.313 e. The number of hydrogen-bond acceptors (Lipinski definition) is 1. The van der Waals surface area contributed by atoms with Crippen molar-refractivity contribution in [3.8, 4) is 0 Å². The van der Waals surface area contributed by atoms with E-state index in [4.69, 9.17) is 0 Å². The van der Waals surface area contributed by atoms with Gasteiger partial charge in [-0.25, -0.2) is 0 Å². The Morgan fingerprint density at radius 2 is 1.55 bits per heavy atom. The molecular weight excluding hydrogens is 242 g/mol. The standard InChI is InChI=1S/C19H25N/c1-3-16-12-14-17(15-13-16)8-7-11-19(20-2)18-9-5-4-6-10-18/h4-6,9-10,12-15,19-20H,3,7-8,11H2,1-2H3. The molecule has 2 aromatic carbocycles. The summed E-state index contributed by atoms with van der Waals surface area (Å²) < 4.78 is 0. The van der Waals surface area contributed by atoms with E-state index in [0.717, 1.165) is 12.8 Å². The van der Waals surface area contributed by atoms with Crippen LogP contribution in [0, 0.1) is 0 Å². The van der Waals surface area contributed by atoms with Crippen LogP contribution in [0.25, 0.3) is 0 Å². The van der Waals surface area contributed by atoms with Crippen molar-refractivity contribution in [2.75, 3.05) is 7.05 Å². The maximum Gasteiger partial charge on any atom is 0.0317 e. The van der Waals surface area contributed by atoms with Gasteiger partial charge in [0.25, 0.3) is 0 Å². The predicted octanol–water partition coefficient (Wildman–Crippen LogP) is 4.53. The minimum absolute atomic E-state index is 0.464. The van der Waals surface area contributed by atoms with Crippen molar-refractivity contribution in [1.29, 1.82) is 0 Å². The first-order chi connectivity index (χ1) is 9.83. The topological polar surface area (TPSA) is 12.0 Å². The SMILES string of the molecule is CCc1ccc(CCCC(NC)c2ccccc2)cc1. The van der Waals surface area contributed by atoms with Crippen molar-refractivity contribution < 1.29 is 0 Å². The maximum atomic E-state index is 3.42. The number of aryl methyl sites for hydroxylation is 2. The Morgan fingerprint density at radius 3 is 2.15 bits per heavy atom. The zero-order valence-electron chi connectivity index (χ0n) is 12.6. The van der Waals surface area contributed by atoms with E-state index in [1.165, 1.54) is 29.5 Å². The van der Waals surface area contributed by atoms with E-state index in [9.17, 15) is 0 Å². The summed E-state index contributed by atoms with van der Waals surface area (Å²) >= 11 is 0. The molecule has 20 heavy (non-hydrogen) atoms. The van der Waals surface area contributed by atoms with Gasteiger partial charge in [-0.3, -0.25) is 0 Å². The molecule has 106 valence electrons. The van der Waals surface area contributed by atoms with Gasteiger partial charge >= 0.3 is 0 Å². The van der Waals surface area contributed by atoms with Crippen LogP contribution >= 0.6 is 0 Å². The zero-order valence-corrected chi connectivity index (χ0v) is 12.6. The summed E-state index contributed by atoms with van der Waals surface area (Å²) in [5.41, 5.74) is 4.26. The van der Waals surface area contributed by atoms with Gasteiger partial charge in [0, 0.05) is 6.04 Å². The van der Waals surface area contributed by atoms with Gasteiger partial charge in [-0.1, -0.05) is 61.5 Å². The Kier molecular flexibility index (Phi) is 5.82. The molecule has 1 heteroatoms. The Balaban J connectivity index is 1.84. The lowest BCUT2D eigenvalue weighted by Gasteiger charge is -2.16. The van der Waals surface area contributed by atoms with Crippen molar-refractivity contribution in [3.05, 3.63) is 71.3 Å². The third kappa shape index (κ3) is 4.21. The van der Waals surface area contributed by atoms with Gasteiger partial charge in [-0.05, 0) is 49.4 Å². The highest BCUT2D eigenvalue weighted by atomic mass is 14.9. The summed E-state index contributed by atoms with van der Waals surface area (Å²) in [5, 5.41) is 3.42. The highest BCUT2D eigenvalue weighted by Gasteiger charge is 2.07. The third-order valence-electron chi connectivity index (χ3n) is 3.94. The molecule has 1 nitrogen and oxygen atoms in total. The molecule has 1 unspecified atom stereocenters. The molecule has 1 atom stereocenters.